The lowest BCUT2D eigenvalue weighted by Gasteiger charge is -2.03. The number of hydrazine groups is 1. The zero-order valence-corrected chi connectivity index (χ0v) is 8.10. The molecule has 0 aliphatic heterocycles. The van der Waals surface area contributed by atoms with Crippen LogP contribution >= 0.6 is 0 Å². The summed E-state index contributed by atoms with van der Waals surface area (Å²) in [5.74, 6) is 5.90. The molecule has 76 valence electrons. The smallest absolute Gasteiger partial charge is 0.161 e. The molecular weight excluding hydrogens is 180 g/mol. The van der Waals surface area contributed by atoms with E-state index in [1.54, 1.807) is 13.3 Å². The number of rotatable bonds is 4. The number of nitrogens with two attached hydrogens (primary N) is 1. The molecule has 1 aromatic heterocycles. The summed E-state index contributed by atoms with van der Waals surface area (Å²) in [6.45, 7) is 1.13. The minimum absolute atomic E-state index is 0.562. The van der Waals surface area contributed by atoms with Crippen LogP contribution in [0.15, 0.2) is 29.4 Å². The second-order valence-electron chi connectivity index (χ2n) is 2.58. The highest BCUT2D eigenvalue weighted by Gasteiger charge is 2.00. The van der Waals surface area contributed by atoms with Gasteiger partial charge in [-0.3, -0.25) is 9.98 Å². The monoisotopic (exact) mass is 194 g/mol. The highest BCUT2D eigenvalue weighted by Crippen LogP contribution is 1.93. The van der Waals surface area contributed by atoms with Crippen LogP contribution < -0.4 is 11.3 Å². The lowest BCUT2D eigenvalue weighted by atomic mass is 10.3. The number of aliphatic imine (C=N–C) groups is 1. The number of ether oxygens (including phenoxy) is 1. The van der Waals surface area contributed by atoms with Crippen LogP contribution in [0.2, 0.25) is 0 Å². The number of amidine groups is 1. The quantitative estimate of drug-likeness (QED) is 0.231. The number of nitrogens with one attached hydrogen (secondary N) is 1. The fraction of sp³-hybridized carbons (Fsp3) is 0.333. The van der Waals surface area contributed by atoms with Crippen molar-refractivity contribution < 1.29 is 4.74 Å². The number of hydrogen-bond donors (Lipinski definition) is 2. The Morgan fingerprint density at radius 1 is 1.64 bits per heavy atom. The van der Waals surface area contributed by atoms with Crippen LogP contribution in [0.4, 0.5) is 0 Å². The number of nitrogens with zero attached hydrogens (tertiary/aromatic N) is 2. The Morgan fingerprint density at radius 3 is 3.07 bits per heavy atom. The molecule has 5 heteroatoms. The maximum Gasteiger partial charge on any atom is 0.161 e. The Hall–Kier alpha value is -1.46. The summed E-state index contributed by atoms with van der Waals surface area (Å²) in [6, 6.07) is 5.56. The fourth-order valence-electron chi connectivity index (χ4n) is 0.952. The third-order valence-corrected chi connectivity index (χ3v) is 1.61. The Balaban J connectivity index is 2.67. The van der Waals surface area contributed by atoms with Gasteiger partial charge in [0, 0.05) is 13.3 Å². The van der Waals surface area contributed by atoms with E-state index in [4.69, 9.17) is 10.6 Å². The average Bonchev–Trinajstić information content (AvgIpc) is 2.26. The molecule has 1 aromatic rings. The van der Waals surface area contributed by atoms with Crippen molar-refractivity contribution in [3.05, 3.63) is 30.1 Å². The van der Waals surface area contributed by atoms with Gasteiger partial charge in [0.05, 0.1) is 13.2 Å². The Kier molecular flexibility index (Phi) is 4.60. The molecule has 0 amide bonds. The van der Waals surface area contributed by atoms with E-state index >= 15 is 0 Å². The molecule has 0 saturated heterocycles. The number of aromatic nitrogens is 1. The third kappa shape index (κ3) is 3.12. The average molecular weight is 194 g/mol. The molecule has 0 unspecified atom stereocenters. The van der Waals surface area contributed by atoms with Gasteiger partial charge in [-0.1, -0.05) is 6.07 Å². The highest BCUT2D eigenvalue weighted by molar-refractivity contribution is 5.96. The van der Waals surface area contributed by atoms with Gasteiger partial charge in [0.1, 0.15) is 5.69 Å². The summed E-state index contributed by atoms with van der Waals surface area (Å²) >= 11 is 0. The number of pyridine rings is 1. The van der Waals surface area contributed by atoms with E-state index in [9.17, 15) is 0 Å². The molecule has 1 rings (SSSR count). The molecule has 0 radical (unpaired) electrons. The molecule has 5 nitrogen and oxygen atoms in total. The van der Waals surface area contributed by atoms with Gasteiger partial charge in [-0.2, -0.15) is 0 Å². The maximum atomic E-state index is 5.33. The first-order valence-corrected chi connectivity index (χ1v) is 4.30. The first kappa shape index (κ1) is 10.6. The van der Waals surface area contributed by atoms with Crippen molar-refractivity contribution in [2.24, 2.45) is 10.8 Å². The van der Waals surface area contributed by atoms with Crippen molar-refractivity contribution in [1.82, 2.24) is 10.4 Å². The molecule has 14 heavy (non-hydrogen) atoms. The number of methoxy groups -OCH3 is 1. The third-order valence-electron chi connectivity index (χ3n) is 1.61. The first-order valence-electron chi connectivity index (χ1n) is 4.30. The molecule has 0 aliphatic rings. The molecule has 1 heterocycles. The van der Waals surface area contributed by atoms with E-state index in [2.05, 4.69) is 15.4 Å². The van der Waals surface area contributed by atoms with E-state index in [-0.39, 0.29) is 0 Å². The van der Waals surface area contributed by atoms with Gasteiger partial charge in [0.15, 0.2) is 5.84 Å². The van der Waals surface area contributed by atoms with Gasteiger partial charge in [0.25, 0.3) is 0 Å². The van der Waals surface area contributed by atoms with E-state index in [1.165, 1.54) is 0 Å². The second-order valence-corrected chi connectivity index (χ2v) is 2.58. The van der Waals surface area contributed by atoms with Gasteiger partial charge >= 0.3 is 0 Å². The Bertz CT molecular complexity index is 286. The van der Waals surface area contributed by atoms with E-state index in [0.717, 1.165) is 5.69 Å². The predicted octanol–water partition coefficient (Wildman–Crippen LogP) is -0.0621. The molecule has 0 bridgehead atoms. The minimum atomic E-state index is 0.562. The standard InChI is InChI=1S/C9H14N4O/c1-14-7-6-12-9(13-10)8-4-2-3-5-11-8/h2-5H,6-7,10H2,1H3,(H,12,13). The van der Waals surface area contributed by atoms with Crippen molar-refractivity contribution in [3.63, 3.8) is 0 Å². The largest absolute Gasteiger partial charge is 0.383 e. The zero-order valence-electron chi connectivity index (χ0n) is 8.10. The lowest BCUT2D eigenvalue weighted by molar-refractivity contribution is 0.208. The van der Waals surface area contributed by atoms with Gasteiger partial charge in [-0.05, 0) is 12.1 Å². The fourth-order valence-corrected chi connectivity index (χ4v) is 0.952. The molecule has 0 saturated carbocycles. The molecular formula is C9H14N4O. The first-order chi connectivity index (χ1) is 6.88. The van der Waals surface area contributed by atoms with Crippen molar-refractivity contribution in [1.29, 1.82) is 0 Å². The SMILES string of the molecule is COCCN=C(NN)c1ccccn1. The maximum absolute atomic E-state index is 5.33. The summed E-state index contributed by atoms with van der Waals surface area (Å²) < 4.78 is 4.88. The topological polar surface area (TPSA) is 72.5 Å². The second kappa shape index (κ2) is 6.06. The van der Waals surface area contributed by atoms with Crippen LogP contribution in [-0.2, 0) is 4.74 Å². The van der Waals surface area contributed by atoms with Crippen LogP contribution in [0, 0.1) is 0 Å². The summed E-state index contributed by atoms with van der Waals surface area (Å²) in [5, 5.41) is 0. The molecule has 0 atom stereocenters. The Morgan fingerprint density at radius 2 is 2.50 bits per heavy atom. The summed E-state index contributed by atoms with van der Waals surface area (Å²) in [7, 11) is 1.63. The van der Waals surface area contributed by atoms with Crippen LogP contribution in [0.3, 0.4) is 0 Å². The number of hydrogen-bond acceptors (Lipinski definition) is 4. The molecule has 0 aromatic carbocycles. The van der Waals surface area contributed by atoms with Crippen molar-refractivity contribution >= 4 is 5.84 Å². The molecule has 0 spiro atoms. The van der Waals surface area contributed by atoms with Crippen LogP contribution in [-0.4, -0.2) is 31.1 Å². The van der Waals surface area contributed by atoms with Crippen molar-refractivity contribution in [2.45, 2.75) is 0 Å². The zero-order chi connectivity index (χ0) is 10.2. The highest BCUT2D eigenvalue weighted by atomic mass is 16.5. The van der Waals surface area contributed by atoms with E-state index in [1.807, 2.05) is 18.2 Å². The lowest BCUT2D eigenvalue weighted by Crippen LogP contribution is -2.32. The van der Waals surface area contributed by atoms with Crippen molar-refractivity contribution in [2.75, 3.05) is 20.3 Å². The van der Waals surface area contributed by atoms with E-state index in [0.29, 0.717) is 19.0 Å². The van der Waals surface area contributed by atoms with Crippen LogP contribution in [0.1, 0.15) is 5.69 Å². The molecule has 0 aliphatic carbocycles. The minimum Gasteiger partial charge on any atom is -0.383 e. The summed E-state index contributed by atoms with van der Waals surface area (Å²) in [4.78, 5) is 8.31. The van der Waals surface area contributed by atoms with Gasteiger partial charge in [-0.25, -0.2) is 5.84 Å². The van der Waals surface area contributed by atoms with Crippen LogP contribution in [0.25, 0.3) is 0 Å². The molecule has 0 fully saturated rings. The summed E-state index contributed by atoms with van der Waals surface area (Å²) in [5.41, 5.74) is 3.24. The van der Waals surface area contributed by atoms with Gasteiger partial charge in [0.2, 0.25) is 0 Å². The predicted molar refractivity (Wildman–Crippen MR) is 54.8 cm³/mol. The van der Waals surface area contributed by atoms with Gasteiger partial charge in [-0.15, -0.1) is 0 Å². The van der Waals surface area contributed by atoms with E-state index < -0.39 is 0 Å². The summed E-state index contributed by atoms with van der Waals surface area (Å²) in [6.07, 6.45) is 1.69. The Labute approximate surface area is 83.0 Å². The molecule has 3 N–H and O–H groups in total. The van der Waals surface area contributed by atoms with Crippen molar-refractivity contribution in [3.8, 4) is 0 Å². The normalized spacial score (nSPS) is 11.4. The van der Waals surface area contributed by atoms with Gasteiger partial charge < -0.3 is 10.2 Å². The van der Waals surface area contributed by atoms with Crippen LogP contribution in [0.5, 0.6) is 0 Å².